The smallest absolute Gasteiger partial charge is 0.232 e. The Morgan fingerprint density at radius 1 is 1.35 bits per heavy atom. The van der Waals surface area contributed by atoms with E-state index in [-0.39, 0.29) is 17.2 Å². The summed E-state index contributed by atoms with van der Waals surface area (Å²) in [5.74, 6) is 1.91. The third kappa shape index (κ3) is 3.06. The van der Waals surface area contributed by atoms with Gasteiger partial charge in [-0.05, 0) is 12.1 Å². The minimum atomic E-state index is -0.170. The highest BCUT2D eigenvalue weighted by Crippen LogP contribution is 2.33. The summed E-state index contributed by atoms with van der Waals surface area (Å²) in [6.45, 7) is 6.63. The van der Waals surface area contributed by atoms with Crippen molar-refractivity contribution in [3.05, 3.63) is 36.0 Å². The van der Waals surface area contributed by atoms with Crippen LogP contribution in [0.3, 0.4) is 0 Å². The van der Waals surface area contributed by atoms with Crippen LogP contribution in [0, 0.1) is 0 Å². The lowest BCUT2D eigenvalue weighted by molar-refractivity contribution is -0.117. The zero-order valence-electron chi connectivity index (χ0n) is 13.9. The molecule has 1 fully saturated rings. The minimum Gasteiger partial charge on any atom is -0.497 e. The first-order chi connectivity index (χ1) is 10.9. The summed E-state index contributed by atoms with van der Waals surface area (Å²) in [5, 5.41) is 4.05. The molecule has 0 radical (unpaired) electrons. The summed E-state index contributed by atoms with van der Waals surface area (Å²) in [4.78, 5) is 18.6. The topological polar surface area (TPSA) is 68.5 Å². The number of nitrogens with zero attached hydrogens (tertiary/aromatic N) is 3. The van der Waals surface area contributed by atoms with Crippen LogP contribution in [0.2, 0.25) is 0 Å². The van der Waals surface area contributed by atoms with E-state index in [0.717, 1.165) is 11.4 Å². The van der Waals surface area contributed by atoms with Gasteiger partial charge in [0.05, 0.1) is 13.0 Å². The number of carbonyl (C=O) groups excluding carboxylic acids is 1. The largest absolute Gasteiger partial charge is 0.497 e. The lowest BCUT2D eigenvalue weighted by Crippen LogP contribution is -2.24. The number of aromatic nitrogens is 2. The summed E-state index contributed by atoms with van der Waals surface area (Å²) in [6.07, 6.45) is 0.378. The van der Waals surface area contributed by atoms with Crippen molar-refractivity contribution in [3.63, 3.8) is 0 Å². The summed E-state index contributed by atoms with van der Waals surface area (Å²) in [7, 11) is 1.61. The maximum Gasteiger partial charge on any atom is 0.232 e. The monoisotopic (exact) mass is 315 g/mol. The van der Waals surface area contributed by atoms with Crippen molar-refractivity contribution in [1.82, 2.24) is 10.1 Å². The molecule has 0 N–H and O–H groups in total. The lowest BCUT2D eigenvalue weighted by Gasteiger charge is -2.16. The standard InChI is InChI=1S/C17H21N3O3/c1-17(2,3)16-18-15(23-19-16)11-8-14(21)20(10-11)12-6-5-7-13(9-12)22-4/h5-7,9,11H,8,10H2,1-4H3. The maximum absolute atomic E-state index is 12.4. The molecule has 23 heavy (non-hydrogen) atoms. The van der Waals surface area contributed by atoms with Crippen molar-refractivity contribution in [3.8, 4) is 5.75 Å². The highest BCUT2D eigenvalue weighted by atomic mass is 16.5. The van der Waals surface area contributed by atoms with E-state index in [4.69, 9.17) is 9.26 Å². The zero-order chi connectivity index (χ0) is 16.6. The lowest BCUT2D eigenvalue weighted by atomic mass is 9.96. The third-order valence-electron chi connectivity index (χ3n) is 3.95. The Morgan fingerprint density at radius 2 is 2.13 bits per heavy atom. The molecule has 1 aromatic heterocycles. The first kappa shape index (κ1) is 15.5. The van der Waals surface area contributed by atoms with Crippen molar-refractivity contribution >= 4 is 11.6 Å². The van der Waals surface area contributed by atoms with Gasteiger partial charge < -0.3 is 14.2 Å². The molecule has 1 amide bonds. The Hall–Kier alpha value is -2.37. The number of carbonyl (C=O) groups is 1. The molecular formula is C17H21N3O3. The van der Waals surface area contributed by atoms with Crippen LogP contribution in [0.15, 0.2) is 28.8 Å². The average Bonchev–Trinajstić information content (AvgIpc) is 3.13. The molecule has 6 heteroatoms. The Morgan fingerprint density at radius 3 is 2.78 bits per heavy atom. The van der Waals surface area contributed by atoms with Crippen LogP contribution in [0.4, 0.5) is 5.69 Å². The molecule has 0 saturated carbocycles. The fourth-order valence-corrected chi connectivity index (χ4v) is 2.61. The molecule has 1 aromatic carbocycles. The van der Waals surface area contributed by atoms with Gasteiger partial charge in [0.25, 0.3) is 0 Å². The first-order valence-corrected chi connectivity index (χ1v) is 7.67. The van der Waals surface area contributed by atoms with Crippen LogP contribution in [0.5, 0.6) is 5.75 Å². The van der Waals surface area contributed by atoms with Gasteiger partial charge in [-0.2, -0.15) is 4.98 Å². The van der Waals surface area contributed by atoms with Crippen molar-refractivity contribution in [2.45, 2.75) is 38.5 Å². The minimum absolute atomic E-state index is 0.0544. The predicted molar refractivity (Wildman–Crippen MR) is 85.7 cm³/mol. The fourth-order valence-electron chi connectivity index (χ4n) is 2.61. The Bertz CT molecular complexity index is 718. The molecule has 1 saturated heterocycles. The number of rotatable bonds is 3. The highest BCUT2D eigenvalue weighted by molar-refractivity contribution is 5.96. The van der Waals surface area contributed by atoms with E-state index in [0.29, 0.717) is 24.7 Å². The molecule has 2 aromatic rings. The summed E-state index contributed by atoms with van der Waals surface area (Å²) >= 11 is 0. The number of benzene rings is 1. The summed E-state index contributed by atoms with van der Waals surface area (Å²) in [5.41, 5.74) is 0.657. The van der Waals surface area contributed by atoms with Gasteiger partial charge in [-0.15, -0.1) is 0 Å². The quantitative estimate of drug-likeness (QED) is 0.871. The normalized spacial score (nSPS) is 18.5. The van der Waals surface area contributed by atoms with Gasteiger partial charge in [-0.25, -0.2) is 0 Å². The van der Waals surface area contributed by atoms with E-state index < -0.39 is 0 Å². The van der Waals surface area contributed by atoms with Gasteiger partial charge >= 0.3 is 0 Å². The van der Waals surface area contributed by atoms with Crippen LogP contribution in [0.25, 0.3) is 0 Å². The molecule has 122 valence electrons. The molecule has 0 aliphatic carbocycles. The van der Waals surface area contributed by atoms with Gasteiger partial charge in [0.15, 0.2) is 5.82 Å². The number of anilines is 1. The van der Waals surface area contributed by atoms with Crippen molar-refractivity contribution in [1.29, 1.82) is 0 Å². The second kappa shape index (κ2) is 5.68. The number of amides is 1. The second-order valence-electron chi connectivity index (χ2n) is 6.81. The van der Waals surface area contributed by atoms with Crippen LogP contribution >= 0.6 is 0 Å². The Balaban J connectivity index is 1.81. The van der Waals surface area contributed by atoms with E-state index in [1.807, 2.05) is 45.0 Å². The van der Waals surface area contributed by atoms with Crippen molar-refractivity contribution in [2.24, 2.45) is 0 Å². The molecule has 1 atom stereocenters. The molecule has 1 unspecified atom stereocenters. The molecule has 2 heterocycles. The Kier molecular flexibility index (Phi) is 3.83. The average molecular weight is 315 g/mol. The van der Waals surface area contributed by atoms with E-state index >= 15 is 0 Å². The number of hydrogen-bond donors (Lipinski definition) is 0. The maximum atomic E-state index is 12.4. The van der Waals surface area contributed by atoms with Gasteiger partial charge in [-0.3, -0.25) is 4.79 Å². The number of hydrogen-bond acceptors (Lipinski definition) is 5. The molecule has 1 aliphatic heterocycles. The van der Waals surface area contributed by atoms with Gasteiger partial charge in [-0.1, -0.05) is 32.0 Å². The van der Waals surface area contributed by atoms with Gasteiger partial charge in [0.1, 0.15) is 5.75 Å². The van der Waals surface area contributed by atoms with Crippen LogP contribution in [-0.2, 0) is 10.2 Å². The third-order valence-corrected chi connectivity index (χ3v) is 3.95. The van der Waals surface area contributed by atoms with Crippen molar-refractivity contribution < 1.29 is 14.1 Å². The summed E-state index contributed by atoms with van der Waals surface area (Å²) in [6, 6.07) is 7.49. The number of ether oxygens (including phenoxy) is 1. The van der Waals surface area contributed by atoms with E-state index in [2.05, 4.69) is 10.1 Å². The Labute approximate surface area is 135 Å². The van der Waals surface area contributed by atoms with Gasteiger partial charge in [0, 0.05) is 30.1 Å². The molecular weight excluding hydrogens is 294 g/mol. The second-order valence-corrected chi connectivity index (χ2v) is 6.81. The first-order valence-electron chi connectivity index (χ1n) is 7.67. The van der Waals surface area contributed by atoms with Crippen LogP contribution in [0.1, 0.15) is 44.8 Å². The summed E-state index contributed by atoms with van der Waals surface area (Å²) < 4.78 is 10.6. The zero-order valence-corrected chi connectivity index (χ0v) is 13.9. The van der Waals surface area contributed by atoms with Crippen molar-refractivity contribution in [2.75, 3.05) is 18.6 Å². The molecule has 0 spiro atoms. The van der Waals surface area contributed by atoms with Crippen LogP contribution in [-0.4, -0.2) is 29.7 Å². The predicted octanol–water partition coefficient (Wildman–Crippen LogP) is 2.90. The van der Waals surface area contributed by atoms with E-state index in [1.165, 1.54) is 0 Å². The van der Waals surface area contributed by atoms with Gasteiger partial charge in [0.2, 0.25) is 11.8 Å². The molecule has 6 nitrogen and oxygen atoms in total. The highest BCUT2D eigenvalue weighted by Gasteiger charge is 2.36. The SMILES string of the molecule is COc1cccc(N2CC(c3nc(C(C)(C)C)no3)CC2=O)c1. The number of methoxy groups -OCH3 is 1. The molecule has 3 rings (SSSR count). The molecule has 0 bridgehead atoms. The van der Waals surface area contributed by atoms with E-state index in [9.17, 15) is 4.79 Å². The fraction of sp³-hybridized carbons (Fsp3) is 0.471. The van der Waals surface area contributed by atoms with E-state index in [1.54, 1.807) is 12.0 Å². The van der Waals surface area contributed by atoms with Crippen LogP contribution < -0.4 is 9.64 Å². The molecule has 1 aliphatic rings.